The van der Waals surface area contributed by atoms with Gasteiger partial charge in [-0.3, -0.25) is 14.5 Å². The maximum atomic E-state index is 12.9. The molecule has 24 heavy (non-hydrogen) atoms. The SMILES string of the molecule is CCCCCN1C(=O)C(c2ccccc2)=C(c2ccccc2)C1=O. The summed E-state index contributed by atoms with van der Waals surface area (Å²) in [6.45, 7) is 2.59. The Hall–Kier alpha value is -2.68. The van der Waals surface area contributed by atoms with Crippen molar-refractivity contribution in [1.29, 1.82) is 0 Å². The smallest absolute Gasteiger partial charge is 0.262 e. The van der Waals surface area contributed by atoms with Gasteiger partial charge >= 0.3 is 0 Å². The zero-order valence-corrected chi connectivity index (χ0v) is 13.9. The van der Waals surface area contributed by atoms with Crippen LogP contribution in [0.25, 0.3) is 11.1 Å². The van der Waals surface area contributed by atoms with Crippen LogP contribution in [0.15, 0.2) is 60.7 Å². The van der Waals surface area contributed by atoms with Gasteiger partial charge in [-0.25, -0.2) is 0 Å². The van der Waals surface area contributed by atoms with Crippen molar-refractivity contribution in [3.05, 3.63) is 71.8 Å². The Bertz CT molecular complexity index is 701. The van der Waals surface area contributed by atoms with Gasteiger partial charge in [0.05, 0.1) is 11.1 Å². The van der Waals surface area contributed by atoms with E-state index in [9.17, 15) is 9.59 Å². The Kier molecular flexibility index (Phi) is 4.90. The zero-order chi connectivity index (χ0) is 16.9. The molecule has 1 heterocycles. The molecule has 122 valence electrons. The Morgan fingerprint density at radius 3 is 1.58 bits per heavy atom. The second-order valence-electron chi connectivity index (χ2n) is 5.95. The van der Waals surface area contributed by atoms with Crippen molar-refractivity contribution in [2.24, 2.45) is 0 Å². The van der Waals surface area contributed by atoms with E-state index in [0.717, 1.165) is 30.4 Å². The molecule has 1 aliphatic rings. The van der Waals surface area contributed by atoms with Gasteiger partial charge < -0.3 is 0 Å². The lowest BCUT2D eigenvalue weighted by Gasteiger charge is -2.14. The minimum Gasteiger partial charge on any atom is -0.274 e. The molecule has 0 unspecified atom stereocenters. The first-order valence-corrected chi connectivity index (χ1v) is 8.45. The highest BCUT2D eigenvalue weighted by molar-refractivity contribution is 6.48. The molecule has 3 nitrogen and oxygen atoms in total. The van der Waals surface area contributed by atoms with Crippen molar-refractivity contribution < 1.29 is 9.59 Å². The lowest BCUT2D eigenvalue weighted by atomic mass is 9.96. The molecule has 0 saturated carbocycles. The predicted octanol–water partition coefficient (Wildman–Crippen LogP) is 4.16. The van der Waals surface area contributed by atoms with Crippen LogP contribution >= 0.6 is 0 Å². The number of imide groups is 1. The van der Waals surface area contributed by atoms with Crippen LogP contribution in [0, 0.1) is 0 Å². The lowest BCUT2D eigenvalue weighted by Crippen LogP contribution is -2.32. The molecule has 0 spiro atoms. The number of hydrogen-bond acceptors (Lipinski definition) is 2. The van der Waals surface area contributed by atoms with Crippen molar-refractivity contribution in [1.82, 2.24) is 4.90 Å². The number of unbranched alkanes of at least 4 members (excludes halogenated alkanes) is 2. The Balaban J connectivity index is 2.05. The van der Waals surface area contributed by atoms with Gasteiger partial charge in [0.1, 0.15) is 0 Å². The van der Waals surface area contributed by atoms with Gasteiger partial charge in [-0.15, -0.1) is 0 Å². The molecule has 0 aliphatic carbocycles. The van der Waals surface area contributed by atoms with Crippen LogP contribution in [0.1, 0.15) is 37.3 Å². The highest BCUT2D eigenvalue weighted by Crippen LogP contribution is 2.35. The Labute approximate surface area is 142 Å². The van der Waals surface area contributed by atoms with E-state index in [4.69, 9.17) is 0 Å². The first kappa shape index (κ1) is 16.2. The first-order valence-electron chi connectivity index (χ1n) is 8.45. The van der Waals surface area contributed by atoms with Crippen LogP contribution in [0.4, 0.5) is 0 Å². The molecule has 0 radical (unpaired) electrons. The van der Waals surface area contributed by atoms with Crippen molar-refractivity contribution in [3.8, 4) is 0 Å². The molecule has 2 aromatic carbocycles. The van der Waals surface area contributed by atoms with E-state index in [1.54, 1.807) is 0 Å². The summed E-state index contributed by atoms with van der Waals surface area (Å²) in [7, 11) is 0. The molecule has 0 aromatic heterocycles. The summed E-state index contributed by atoms with van der Waals surface area (Å²) in [5.74, 6) is -0.359. The van der Waals surface area contributed by atoms with Crippen LogP contribution in [-0.2, 0) is 9.59 Å². The van der Waals surface area contributed by atoms with Gasteiger partial charge in [0.15, 0.2) is 0 Å². The predicted molar refractivity (Wildman–Crippen MR) is 95.9 cm³/mol. The molecule has 2 amide bonds. The topological polar surface area (TPSA) is 37.4 Å². The summed E-state index contributed by atoms with van der Waals surface area (Å²) in [6, 6.07) is 18.9. The highest BCUT2D eigenvalue weighted by Gasteiger charge is 2.38. The summed E-state index contributed by atoms with van der Waals surface area (Å²) in [5.41, 5.74) is 2.63. The molecule has 3 heteroatoms. The quantitative estimate of drug-likeness (QED) is 0.592. The van der Waals surface area contributed by atoms with E-state index in [-0.39, 0.29) is 11.8 Å². The molecular weight excluding hydrogens is 298 g/mol. The van der Waals surface area contributed by atoms with Crippen LogP contribution in [0.3, 0.4) is 0 Å². The van der Waals surface area contributed by atoms with E-state index < -0.39 is 0 Å². The summed E-state index contributed by atoms with van der Waals surface area (Å²) >= 11 is 0. The standard InChI is InChI=1S/C21H21NO2/c1-2-3-10-15-22-20(23)18(16-11-6-4-7-12-16)19(21(22)24)17-13-8-5-9-14-17/h4-9,11-14H,2-3,10,15H2,1H3. The fraction of sp³-hybridized carbons (Fsp3) is 0.238. The van der Waals surface area contributed by atoms with Crippen LogP contribution in [0.5, 0.6) is 0 Å². The third-order valence-electron chi connectivity index (χ3n) is 4.28. The first-order chi connectivity index (χ1) is 11.7. The number of hydrogen-bond donors (Lipinski definition) is 0. The summed E-state index contributed by atoms with van der Waals surface area (Å²) in [5, 5.41) is 0. The molecule has 0 bridgehead atoms. The second kappa shape index (κ2) is 7.26. The normalized spacial score (nSPS) is 14.6. The van der Waals surface area contributed by atoms with Gasteiger partial charge in [0.2, 0.25) is 0 Å². The van der Waals surface area contributed by atoms with Gasteiger partial charge in [0.25, 0.3) is 11.8 Å². The molecule has 0 fully saturated rings. The molecule has 0 N–H and O–H groups in total. The van der Waals surface area contributed by atoms with Gasteiger partial charge in [-0.2, -0.15) is 0 Å². The number of rotatable bonds is 6. The van der Waals surface area contributed by atoms with Gasteiger partial charge in [0, 0.05) is 6.54 Å². The average molecular weight is 319 g/mol. The largest absolute Gasteiger partial charge is 0.274 e. The average Bonchev–Trinajstić information content (AvgIpc) is 2.88. The maximum absolute atomic E-state index is 12.9. The summed E-state index contributed by atoms with van der Waals surface area (Å²) in [4.78, 5) is 27.3. The second-order valence-corrected chi connectivity index (χ2v) is 5.95. The summed E-state index contributed by atoms with van der Waals surface area (Å²) in [6.07, 6.45) is 2.91. The summed E-state index contributed by atoms with van der Waals surface area (Å²) < 4.78 is 0. The Morgan fingerprint density at radius 1 is 0.708 bits per heavy atom. The van der Waals surface area contributed by atoms with E-state index in [2.05, 4.69) is 6.92 Å². The molecule has 0 atom stereocenters. The van der Waals surface area contributed by atoms with Crippen LogP contribution in [-0.4, -0.2) is 23.3 Å². The van der Waals surface area contributed by atoms with E-state index in [1.165, 1.54) is 4.90 Å². The number of carbonyl (C=O) groups excluding carboxylic acids is 2. The van der Waals surface area contributed by atoms with E-state index in [0.29, 0.717) is 17.7 Å². The van der Waals surface area contributed by atoms with Crippen molar-refractivity contribution in [2.75, 3.05) is 6.54 Å². The minimum absolute atomic E-state index is 0.179. The van der Waals surface area contributed by atoms with Crippen LogP contribution < -0.4 is 0 Å². The molecule has 1 aliphatic heterocycles. The maximum Gasteiger partial charge on any atom is 0.262 e. The fourth-order valence-corrected chi connectivity index (χ4v) is 3.04. The third kappa shape index (κ3) is 3.02. The zero-order valence-electron chi connectivity index (χ0n) is 13.9. The lowest BCUT2D eigenvalue weighted by molar-refractivity contribution is -0.136. The third-order valence-corrected chi connectivity index (χ3v) is 4.28. The van der Waals surface area contributed by atoms with Crippen molar-refractivity contribution >= 4 is 23.0 Å². The van der Waals surface area contributed by atoms with Crippen molar-refractivity contribution in [3.63, 3.8) is 0 Å². The van der Waals surface area contributed by atoms with Crippen molar-refractivity contribution in [2.45, 2.75) is 26.2 Å². The molecular formula is C21H21NO2. The Morgan fingerprint density at radius 2 is 1.17 bits per heavy atom. The van der Waals surface area contributed by atoms with E-state index >= 15 is 0 Å². The monoisotopic (exact) mass is 319 g/mol. The highest BCUT2D eigenvalue weighted by atomic mass is 16.2. The van der Waals surface area contributed by atoms with Gasteiger partial charge in [-0.1, -0.05) is 80.4 Å². The molecule has 0 saturated heterocycles. The number of amides is 2. The molecule has 2 aromatic rings. The van der Waals surface area contributed by atoms with Gasteiger partial charge in [-0.05, 0) is 17.5 Å². The van der Waals surface area contributed by atoms with Crippen LogP contribution in [0.2, 0.25) is 0 Å². The molecule has 3 rings (SSSR count). The minimum atomic E-state index is -0.179. The van der Waals surface area contributed by atoms with E-state index in [1.807, 2.05) is 60.7 Å². The number of benzene rings is 2. The number of nitrogens with zero attached hydrogens (tertiary/aromatic N) is 1. The fourth-order valence-electron chi connectivity index (χ4n) is 3.04. The number of carbonyl (C=O) groups is 2.